The Morgan fingerprint density at radius 2 is 2.25 bits per heavy atom. The molecule has 2 rings (SSSR count). The summed E-state index contributed by atoms with van der Waals surface area (Å²) in [6.07, 6.45) is 3.67. The molecule has 1 nitrogen and oxygen atoms in total. The van der Waals surface area contributed by atoms with Gasteiger partial charge < -0.3 is 5.32 Å². The van der Waals surface area contributed by atoms with Gasteiger partial charge in [-0.3, -0.25) is 0 Å². The molecule has 1 atom stereocenters. The molecular weight excluding hydrogens is 225 g/mol. The Morgan fingerprint density at radius 3 is 2.88 bits per heavy atom. The van der Waals surface area contributed by atoms with E-state index in [2.05, 4.69) is 12.2 Å². The molecule has 1 aliphatic rings. The van der Waals surface area contributed by atoms with Crippen LogP contribution in [-0.2, 0) is 0 Å². The number of halogens is 2. The molecule has 1 saturated carbocycles. The van der Waals surface area contributed by atoms with Gasteiger partial charge in [0.25, 0.3) is 0 Å². The van der Waals surface area contributed by atoms with Crippen LogP contribution in [0.4, 0.5) is 4.39 Å². The van der Waals surface area contributed by atoms with Crippen molar-refractivity contribution in [2.24, 2.45) is 5.92 Å². The predicted octanol–water partition coefficient (Wildman–Crippen LogP) is 3.93. The maximum atomic E-state index is 13.2. The van der Waals surface area contributed by atoms with E-state index in [1.165, 1.54) is 18.9 Å². The molecule has 0 aliphatic heterocycles. The van der Waals surface area contributed by atoms with Gasteiger partial charge in [0.2, 0.25) is 0 Å². The van der Waals surface area contributed by atoms with E-state index in [1.807, 2.05) is 0 Å². The molecular formula is C13H17ClFN. The molecule has 0 saturated heterocycles. The van der Waals surface area contributed by atoms with Crippen LogP contribution in [0.3, 0.4) is 0 Å². The molecule has 1 aromatic rings. The first-order valence-electron chi connectivity index (χ1n) is 5.89. The summed E-state index contributed by atoms with van der Waals surface area (Å²) >= 11 is 6.12. The molecule has 88 valence electrons. The summed E-state index contributed by atoms with van der Waals surface area (Å²) in [5.41, 5.74) is 0.899. The van der Waals surface area contributed by atoms with Crippen LogP contribution in [0.25, 0.3) is 0 Å². The summed E-state index contributed by atoms with van der Waals surface area (Å²) in [6.45, 7) is 2.94. The van der Waals surface area contributed by atoms with Gasteiger partial charge in [-0.1, -0.05) is 31.4 Å². The standard InChI is InChI=1S/C13H17ClFN/c1-2-16-13(7-9-3-4-9)11-8-10(15)5-6-12(11)14/h5-6,8-9,13,16H,2-4,7H2,1H3. The Kier molecular flexibility index (Phi) is 3.82. The van der Waals surface area contributed by atoms with Gasteiger partial charge in [0.05, 0.1) is 0 Å². The first-order valence-corrected chi connectivity index (χ1v) is 6.26. The van der Waals surface area contributed by atoms with Crippen molar-refractivity contribution in [3.8, 4) is 0 Å². The fourth-order valence-corrected chi connectivity index (χ4v) is 2.28. The molecule has 0 amide bonds. The normalized spacial score (nSPS) is 17.4. The van der Waals surface area contributed by atoms with Crippen LogP contribution in [-0.4, -0.2) is 6.54 Å². The Hall–Kier alpha value is -0.600. The smallest absolute Gasteiger partial charge is 0.123 e. The summed E-state index contributed by atoms with van der Waals surface area (Å²) in [6, 6.07) is 4.80. The van der Waals surface area contributed by atoms with E-state index >= 15 is 0 Å². The second kappa shape index (κ2) is 5.15. The van der Waals surface area contributed by atoms with Crippen LogP contribution in [0.15, 0.2) is 18.2 Å². The Bertz CT molecular complexity index is 363. The minimum atomic E-state index is -0.210. The van der Waals surface area contributed by atoms with E-state index < -0.39 is 0 Å². The highest BCUT2D eigenvalue weighted by Gasteiger charge is 2.26. The summed E-state index contributed by atoms with van der Waals surface area (Å²) < 4.78 is 13.2. The topological polar surface area (TPSA) is 12.0 Å². The molecule has 3 heteroatoms. The van der Waals surface area contributed by atoms with Gasteiger partial charge in [-0.2, -0.15) is 0 Å². The van der Waals surface area contributed by atoms with Crippen molar-refractivity contribution in [3.63, 3.8) is 0 Å². The van der Waals surface area contributed by atoms with E-state index in [0.29, 0.717) is 5.02 Å². The van der Waals surface area contributed by atoms with Gasteiger partial charge >= 0.3 is 0 Å². The fraction of sp³-hybridized carbons (Fsp3) is 0.538. The Morgan fingerprint density at radius 1 is 1.50 bits per heavy atom. The lowest BCUT2D eigenvalue weighted by atomic mass is 10.0. The van der Waals surface area contributed by atoms with Crippen LogP contribution in [0.5, 0.6) is 0 Å². The van der Waals surface area contributed by atoms with Crippen LogP contribution in [0, 0.1) is 11.7 Å². The lowest BCUT2D eigenvalue weighted by Gasteiger charge is -2.19. The molecule has 0 spiro atoms. The zero-order chi connectivity index (χ0) is 11.5. The highest BCUT2D eigenvalue weighted by atomic mass is 35.5. The van der Waals surface area contributed by atoms with Crippen molar-refractivity contribution >= 4 is 11.6 Å². The summed E-state index contributed by atoms with van der Waals surface area (Å²) in [4.78, 5) is 0. The van der Waals surface area contributed by atoms with Crippen molar-refractivity contribution in [2.75, 3.05) is 6.54 Å². The summed E-state index contributed by atoms with van der Waals surface area (Å²) in [7, 11) is 0. The molecule has 1 aliphatic carbocycles. The summed E-state index contributed by atoms with van der Waals surface area (Å²) in [5, 5.41) is 4.05. The maximum absolute atomic E-state index is 13.2. The molecule has 1 fully saturated rings. The second-order valence-corrected chi connectivity index (χ2v) is 4.86. The third-order valence-electron chi connectivity index (χ3n) is 3.05. The van der Waals surface area contributed by atoms with Gasteiger partial charge in [0, 0.05) is 11.1 Å². The molecule has 0 heterocycles. The van der Waals surface area contributed by atoms with Gasteiger partial charge in [-0.05, 0) is 42.6 Å². The van der Waals surface area contributed by atoms with Gasteiger partial charge in [-0.25, -0.2) is 4.39 Å². The molecule has 1 aromatic carbocycles. The van der Waals surface area contributed by atoms with E-state index in [4.69, 9.17) is 11.6 Å². The quantitative estimate of drug-likeness (QED) is 0.824. The first-order chi connectivity index (χ1) is 7.70. The average molecular weight is 242 g/mol. The average Bonchev–Trinajstić information content (AvgIpc) is 3.05. The second-order valence-electron chi connectivity index (χ2n) is 4.46. The zero-order valence-electron chi connectivity index (χ0n) is 9.47. The third kappa shape index (κ3) is 2.96. The van der Waals surface area contributed by atoms with Crippen molar-refractivity contribution in [2.45, 2.75) is 32.2 Å². The Labute approximate surface area is 101 Å². The molecule has 1 unspecified atom stereocenters. The molecule has 0 radical (unpaired) electrons. The van der Waals surface area contributed by atoms with E-state index in [-0.39, 0.29) is 11.9 Å². The third-order valence-corrected chi connectivity index (χ3v) is 3.39. The minimum Gasteiger partial charge on any atom is -0.310 e. The predicted molar refractivity (Wildman–Crippen MR) is 65.2 cm³/mol. The minimum absolute atomic E-state index is 0.195. The van der Waals surface area contributed by atoms with E-state index in [0.717, 1.165) is 24.4 Å². The van der Waals surface area contributed by atoms with Gasteiger partial charge in [-0.15, -0.1) is 0 Å². The lowest BCUT2D eigenvalue weighted by molar-refractivity contribution is 0.484. The number of benzene rings is 1. The summed E-state index contributed by atoms with van der Waals surface area (Å²) in [5.74, 6) is 0.585. The van der Waals surface area contributed by atoms with Crippen molar-refractivity contribution in [3.05, 3.63) is 34.6 Å². The fourth-order valence-electron chi connectivity index (χ4n) is 2.04. The first kappa shape index (κ1) is 11.9. The molecule has 1 N–H and O–H groups in total. The number of rotatable bonds is 5. The van der Waals surface area contributed by atoms with Gasteiger partial charge in [0.15, 0.2) is 0 Å². The van der Waals surface area contributed by atoms with Crippen LogP contribution in [0.2, 0.25) is 5.02 Å². The largest absolute Gasteiger partial charge is 0.310 e. The molecule has 16 heavy (non-hydrogen) atoms. The molecule has 0 bridgehead atoms. The van der Waals surface area contributed by atoms with E-state index in [9.17, 15) is 4.39 Å². The highest BCUT2D eigenvalue weighted by molar-refractivity contribution is 6.31. The number of hydrogen-bond donors (Lipinski definition) is 1. The van der Waals surface area contributed by atoms with Crippen molar-refractivity contribution < 1.29 is 4.39 Å². The van der Waals surface area contributed by atoms with Crippen LogP contribution in [0.1, 0.15) is 37.8 Å². The molecule has 0 aromatic heterocycles. The maximum Gasteiger partial charge on any atom is 0.123 e. The monoisotopic (exact) mass is 241 g/mol. The number of hydrogen-bond acceptors (Lipinski definition) is 1. The SMILES string of the molecule is CCNC(CC1CC1)c1cc(F)ccc1Cl. The zero-order valence-corrected chi connectivity index (χ0v) is 10.2. The highest BCUT2D eigenvalue weighted by Crippen LogP contribution is 2.39. The van der Waals surface area contributed by atoms with Crippen molar-refractivity contribution in [1.29, 1.82) is 0 Å². The van der Waals surface area contributed by atoms with Gasteiger partial charge in [0.1, 0.15) is 5.82 Å². The van der Waals surface area contributed by atoms with E-state index in [1.54, 1.807) is 12.1 Å². The Balaban J connectivity index is 2.18. The van der Waals surface area contributed by atoms with Crippen LogP contribution < -0.4 is 5.32 Å². The lowest BCUT2D eigenvalue weighted by Crippen LogP contribution is -2.21. The van der Waals surface area contributed by atoms with Crippen LogP contribution >= 0.6 is 11.6 Å². The number of nitrogens with one attached hydrogen (secondary N) is 1. The van der Waals surface area contributed by atoms with Crippen molar-refractivity contribution in [1.82, 2.24) is 5.32 Å².